The highest BCUT2D eigenvalue weighted by molar-refractivity contribution is 6.06. The Morgan fingerprint density at radius 1 is 1.31 bits per heavy atom. The quantitative estimate of drug-likeness (QED) is 0.702. The average molecular weight is 225 g/mol. The monoisotopic (exact) mass is 225 g/mol. The van der Waals surface area contributed by atoms with Crippen LogP contribution in [0.2, 0.25) is 0 Å². The van der Waals surface area contributed by atoms with Crippen molar-refractivity contribution >= 4 is 11.8 Å². The lowest BCUT2D eigenvalue weighted by atomic mass is 10.2. The predicted octanol–water partition coefficient (Wildman–Crippen LogP) is 1.03. The molecule has 1 saturated heterocycles. The number of hydrogen-bond donors (Lipinski definition) is 2. The number of nitrogens with zero attached hydrogens (tertiary/aromatic N) is 2. The zero-order chi connectivity index (χ0) is 12.1. The van der Waals surface area contributed by atoms with Gasteiger partial charge in [-0.15, -0.1) is 0 Å². The molecule has 1 heterocycles. The summed E-state index contributed by atoms with van der Waals surface area (Å²) in [5.41, 5.74) is 0. The molecule has 1 atom stereocenters. The average Bonchev–Trinajstić information content (AvgIpc) is 2.59. The highest BCUT2D eigenvalue weighted by Gasteiger charge is 2.30. The number of amidine groups is 1. The first kappa shape index (κ1) is 13.0. The van der Waals surface area contributed by atoms with Crippen LogP contribution < -0.4 is 10.6 Å². The van der Waals surface area contributed by atoms with Crippen molar-refractivity contribution < 1.29 is 4.58 Å². The van der Waals surface area contributed by atoms with Crippen LogP contribution in [0.3, 0.4) is 0 Å². The van der Waals surface area contributed by atoms with Gasteiger partial charge in [0.15, 0.2) is 0 Å². The molecule has 2 N–H and O–H groups in total. The molecule has 1 aliphatic heterocycles. The first-order chi connectivity index (χ1) is 7.58. The van der Waals surface area contributed by atoms with Crippen LogP contribution in [0, 0.1) is 5.92 Å². The van der Waals surface area contributed by atoms with Crippen molar-refractivity contribution in [1.82, 2.24) is 10.6 Å². The summed E-state index contributed by atoms with van der Waals surface area (Å²) >= 11 is 0. The van der Waals surface area contributed by atoms with Gasteiger partial charge in [0.25, 0.3) is 11.8 Å². The van der Waals surface area contributed by atoms with E-state index in [9.17, 15) is 0 Å². The standard InChI is InChI=1S/C12H24N4/c1-6-16(7-2)11-10(5)14-12(15-11)13-8-9(3)4/h9-10H,6-8H2,1-5H3,(H,13,14)/p+1. The summed E-state index contributed by atoms with van der Waals surface area (Å²) in [5, 5.41) is 6.75. The van der Waals surface area contributed by atoms with E-state index >= 15 is 0 Å². The Balaban J connectivity index is 2.73. The van der Waals surface area contributed by atoms with Crippen molar-refractivity contribution in [1.29, 1.82) is 0 Å². The van der Waals surface area contributed by atoms with Gasteiger partial charge in [-0.05, 0) is 26.7 Å². The fourth-order valence-electron chi connectivity index (χ4n) is 1.82. The normalized spacial score (nSPS) is 22.5. The Hall–Kier alpha value is -1.06. The summed E-state index contributed by atoms with van der Waals surface area (Å²) in [7, 11) is 0. The molecule has 0 aromatic rings. The van der Waals surface area contributed by atoms with E-state index in [2.05, 4.69) is 54.8 Å². The van der Waals surface area contributed by atoms with Crippen LogP contribution in [-0.4, -0.2) is 42.0 Å². The summed E-state index contributed by atoms with van der Waals surface area (Å²) < 4.78 is 2.33. The molecule has 1 aliphatic rings. The molecule has 1 unspecified atom stereocenters. The van der Waals surface area contributed by atoms with Gasteiger partial charge in [-0.2, -0.15) is 0 Å². The van der Waals surface area contributed by atoms with Crippen LogP contribution in [0.1, 0.15) is 34.6 Å². The third-order valence-electron chi connectivity index (χ3n) is 2.73. The van der Waals surface area contributed by atoms with E-state index in [1.165, 1.54) is 5.84 Å². The minimum Gasteiger partial charge on any atom is -0.322 e. The summed E-state index contributed by atoms with van der Waals surface area (Å²) in [5.74, 6) is 2.76. The van der Waals surface area contributed by atoms with E-state index in [1.54, 1.807) is 0 Å². The molecular formula is C12H25N4+. The second-order valence-corrected chi connectivity index (χ2v) is 4.63. The topological polar surface area (TPSA) is 39.4 Å². The van der Waals surface area contributed by atoms with Gasteiger partial charge in [-0.3, -0.25) is 4.58 Å². The van der Waals surface area contributed by atoms with Gasteiger partial charge >= 0.3 is 0 Å². The lowest BCUT2D eigenvalue weighted by Crippen LogP contribution is -2.35. The number of guanidine groups is 1. The Morgan fingerprint density at radius 2 is 1.94 bits per heavy atom. The molecule has 1 fully saturated rings. The lowest BCUT2D eigenvalue weighted by molar-refractivity contribution is -0.523. The van der Waals surface area contributed by atoms with Crippen molar-refractivity contribution in [2.45, 2.75) is 40.7 Å². The highest BCUT2D eigenvalue weighted by Crippen LogP contribution is 1.98. The maximum absolute atomic E-state index is 4.52. The second-order valence-electron chi connectivity index (χ2n) is 4.63. The molecule has 0 bridgehead atoms. The molecule has 1 rings (SSSR count). The van der Waals surface area contributed by atoms with E-state index < -0.39 is 0 Å². The summed E-state index contributed by atoms with van der Waals surface area (Å²) in [6.45, 7) is 13.8. The molecule has 0 spiro atoms. The maximum Gasteiger partial charge on any atom is 0.288 e. The van der Waals surface area contributed by atoms with E-state index in [-0.39, 0.29) is 0 Å². The number of nitrogens with one attached hydrogen (secondary N) is 2. The van der Waals surface area contributed by atoms with Gasteiger partial charge in [0.05, 0.1) is 13.1 Å². The third-order valence-corrected chi connectivity index (χ3v) is 2.73. The van der Waals surface area contributed by atoms with Crippen LogP contribution in [0.25, 0.3) is 0 Å². The Labute approximate surface area is 98.8 Å². The zero-order valence-corrected chi connectivity index (χ0v) is 11.2. The smallest absolute Gasteiger partial charge is 0.288 e. The first-order valence-electron chi connectivity index (χ1n) is 6.28. The van der Waals surface area contributed by atoms with Crippen molar-refractivity contribution in [2.75, 3.05) is 19.6 Å². The molecular weight excluding hydrogens is 200 g/mol. The number of rotatable bonds is 4. The molecule has 0 aromatic heterocycles. The highest BCUT2D eigenvalue weighted by atomic mass is 15.3. The molecule has 0 radical (unpaired) electrons. The van der Waals surface area contributed by atoms with Crippen molar-refractivity contribution in [3.63, 3.8) is 0 Å². The van der Waals surface area contributed by atoms with Gasteiger partial charge in [0.2, 0.25) is 0 Å². The fraction of sp³-hybridized carbons (Fsp3) is 0.833. The first-order valence-corrected chi connectivity index (χ1v) is 6.28. The molecule has 0 amide bonds. The second kappa shape index (κ2) is 5.87. The summed E-state index contributed by atoms with van der Waals surface area (Å²) in [6.07, 6.45) is 0. The number of aliphatic imine (C=N–C) groups is 1. The summed E-state index contributed by atoms with van der Waals surface area (Å²) in [6, 6.07) is 0.339. The Kier molecular flexibility index (Phi) is 4.77. The van der Waals surface area contributed by atoms with Crippen molar-refractivity contribution in [3.05, 3.63) is 0 Å². The van der Waals surface area contributed by atoms with E-state index in [0.717, 1.165) is 25.6 Å². The molecule has 0 aromatic carbocycles. The molecule has 0 saturated carbocycles. The molecule has 4 nitrogen and oxygen atoms in total. The molecule has 92 valence electrons. The van der Waals surface area contributed by atoms with Crippen LogP contribution in [0.4, 0.5) is 0 Å². The maximum atomic E-state index is 4.52. The number of hydrogen-bond acceptors (Lipinski definition) is 1. The Morgan fingerprint density at radius 3 is 2.44 bits per heavy atom. The molecule has 16 heavy (non-hydrogen) atoms. The largest absolute Gasteiger partial charge is 0.322 e. The van der Waals surface area contributed by atoms with Crippen LogP contribution >= 0.6 is 0 Å². The fourth-order valence-corrected chi connectivity index (χ4v) is 1.82. The molecule has 0 aliphatic carbocycles. The SMILES string of the molecule is CC[N+](CC)=C1NC(=NCC(C)C)NC1C. The van der Waals surface area contributed by atoms with Crippen LogP contribution in [-0.2, 0) is 0 Å². The van der Waals surface area contributed by atoms with Gasteiger partial charge in [0, 0.05) is 6.54 Å². The Bertz CT molecular complexity index is 285. The van der Waals surface area contributed by atoms with Gasteiger partial charge in [-0.1, -0.05) is 13.8 Å². The predicted molar refractivity (Wildman–Crippen MR) is 69.2 cm³/mol. The summed E-state index contributed by atoms with van der Waals surface area (Å²) in [4.78, 5) is 4.52. The van der Waals surface area contributed by atoms with Gasteiger partial charge < -0.3 is 5.32 Å². The lowest BCUT2D eigenvalue weighted by Gasteiger charge is -2.05. The van der Waals surface area contributed by atoms with Crippen LogP contribution in [0.5, 0.6) is 0 Å². The van der Waals surface area contributed by atoms with E-state index in [4.69, 9.17) is 0 Å². The van der Waals surface area contributed by atoms with Crippen molar-refractivity contribution in [3.8, 4) is 0 Å². The zero-order valence-electron chi connectivity index (χ0n) is 11.2. The van der Waals surface area contributed by atoms with Crippen molar-refractivity contribution in [2.24, 2.45) is 10.9 Å². The molecule has 4 heteroatoms. The minimum atomic E-state index is 0.339. The van der Waals surface area contributed by atoms with Gasteiger partial charge in [0.1, 0.15) is 6.04 Å². The van der Waals surface area contributed by atoms with E-state index in [1.807, 2.05) is 0 Å². The van der Waals surface area contributed by atoms with Crippen LogP contribution in [0.15, 0.2) is 4.99 Å². The third kappa shape index (κ3) is 3.22. The minimum absolute atomic E-state index is 0.339. The van der Waals surface area contributed by atoms with E-state index in [0.29, 0.717) is 12.0 Å². The van der Waals surface area contributed by atoms with Gasteiger partial charge in [-0.25, -0.2) is 10.3 Å².